The highest BCUT2D eigenvalue weighted by molar-refractivity contribution is 5.22. The lowest BCUT2D eigenvalue weighted by atomic mass is 9.79. The second-order valence-electron chi connectivity index (χ2n) is 4.72. The molecule has 1 unspecified atom stereocenters. The molecule has 1 fully saturated rings. The van der Waals surface area contributed by atoms with E-state index in [4.69, 9.17) is 0 Å². The van der Waals surface area contributed by atoms with Crippen molar-refractivity contribution >= 4 is 0 Å². The zero-order valence-corrected chi connectivity index (χ0v) is 9.96. The van der Waals surface area contributed by atoms with Crippen LogP contribution in [0, 0.1) is 11.7 Å². The average Bonchev–Trinajstić information content (AvgIpc) is 2.37. The minimum Gasteiger partial charge on any atom is -0.396 e. The fourth-order valence-electron chi connectivity index (χ4n) is 2.50. The van der Waals surface area contributed by atoms with Gasteiger partial charge in [-0.05, 0) is 17.7 Å². The zero-order valence-electron chi connectivity index (χ0n) is 9.96. The minimum atomic E-state index is -0.881. The van der Waals surface area contributed by atoms with Gasteiger partial charge in [-0.2, -0.15) is 0 Å². The highest BCUT2D eigenvalue weighted by Crippen LogP contribution is 2.29. The maximum atomic E-state index is 12.9. The lowest BCUT2D eigenvalue weighted by Gasteiger charge is -2.37. The fourth-order valence-corrected chi connectivity index (χ4v) is 2.50. The van der Waals surface area contributed by atoms with E-state index in [9.17, 15) is 19.7 Å². The minimum absolute atomic E-state index is 0.151. The van der Waals surface area contributed by atoms with Gasteiger partial charge in [0, 0.05) is 24.9 Å². The molecule has 0 aliphatic carbocycles. The third kappa shape index (κ3) is 2.70. The fraction of sp³-hybridized carbons (Fsp3) is 0.538. The first kappa shape index (κ1) is 13.4. The maximum absolute atomic E-state index is 12.9. The van der Waals surface area contributed by atoms with Gasteiger partial charge in [-0.15, -0.1) is 0 Å². The van der Waals surface area contributed by atoms with Gasteiger partial charge in [0.25, 0.3) is 0 Å². The van der Waals surface area contributed by atoms with E-state index >= 15 is 0 Å². The third-order valence-corrected chi connectivity index (χ3v) is 3.58. The third-order valence-electron chi connectivity index (χ3n) is 3.58. The van der Waals surface area contributed by atoms with Gasteiger partial charge in [-0.3, -0.25) is 0 Å². The number of β-amino-alcohol motifs (C(OH)–C–C–N with tert-alkyl or cyclic N) is 1. The molecule has 0 saturated carbocycles. The van der Waals surface area contributed by atoms with E-state index in [1.807, 2.05) is 0 Å². The van der Waals surface area contributed by atoms with E-state index in [0.29, 0.717) is 13.1 Å². The van der Waals surface area contributed by atoms with Crippen LogP contribution in [0.1, 0.15) is 11.5 Å². The summed E-state index contributed by atoms with van der Waals surface area (Å²) in [7, 11) is 0. The summed E-state index contributed by atoms with van der Waals surface area (Å²) in [4.78, 5) is 0. The van der Waals surface area contributed by atoms with Crippen LogP contribution in [0.15, 0.2) is 24.3 Å². The summed E-state index contributed by atoms with van der Waals surface area (Å²) in [6.07, 6.45) is -1.72. The molecule has 100 valence electrons. The van der Waals surface area contributed by atoms with Crippen LogP contribution in [0.25, 0.3) is 0 Å². The lowest BCUT2D eigenvalue weighted by Crippen LogP contribution is -2.52. The Balaban J connectivity index is 2.19. The summed E-state index contributed by atoms with van der Waals surface area (Å²) in [5, 5.41) is 32.1. The molecule has 5 heteroatoms. The number of aliphatic hydroxyl groups excluding tert-OH is 3. The average molecular weight is 255 g/mol. The lowest BCUT2D eigenvalue weighted by molar-refractivity contribution is -0.0472. The molecule has 4 nitrogen and oxygen atoms in total. The molecule has 0 spiro atoms. The van der Waals surface area contributed by atoms with Gasteiger partial charge < -0.3 is 20.6 Å². The molecule has 0 amide bonds. The molecule has 0 bridgehead atoms. The molecule has 4 N–H and O–H groups in total. The molecule has 1 aromatic rings. The number of aliphatic hydroxyl groups is 3. The van der Waals surface area contributed by atoms with Gasteiger partial charge in [0.2, 0.25) is 0 Å². The van der Waals surface area contributed by atoms with Crippen molar-refractivity contribution in [1.29, 1.82) is 0 Å². The summed E-state index contributed by atoms with van der Waals surface area (Å²) in [6.45, 7) is 0.710. The van der Waals surface area contributed by atoms with Crippen molar-refractivity contribution in [3.05, 3.63) is 35.6 Å². The number of piperidine rings is 1. The van der Waals surface area contributed by atoms with E-state index in [0.717, 1.165) is 5.56 Å². The van der Waals surface area contributed by atoms with E-state index in [1.165, 1.54) is 12.1 Å². The first-order valence-electron chi connectivity index (χ1n) is 6.06. The largest absolute Gasteiger partial charge is 0.396 e. The molecule has 0 aromatic heterocycles. The zero-order chi connectivity index (χ0) is 13.1. The molecule has 1 aliphatic heterocycles. The first-order valence-corrected chi connectivity index (χ1v) is 6.06. The van der Waals surface area contributed by atoms with Crippen LogP contribution in [0.3, 0.4) is 0 Å². The Labute approximate surface area is 105 Å². The van der Waals surface area contributed by atoms with Gasteiger partial charge in [0.15, 0.2) is 0 Å². The van der Waals surface area contributed by atoms with Crippen molar-refractivity contribution in [2.45, 2.75) is 18.1 Å². The van der Waals surface area contributed by atoms with Crippen LogP contribution >= 0.6 is 0 Å². The highest BCUT2D eigenvalue weighted by atomic mass is 19.1. The van der Waals surface area contributed by atoms with Gasteiger partial charge in [0.05, 0.1) is 18.8 Å². The van der Waals surface area contributed by atoms with Gasteiger partial charge in [0.1, 0.15) is 5.82 Å². The Morgan fingerprint density at radius 3 is 2.50 bits per heavy atom. The molecular weight excluding hydrogens is 237 g/mol. The topological polar surface area (TPSA) is 72.7 Å². The van der Waals surface area contributed by atoms with Crippen molar-refractivity contribution in [2.24, 2.45) is 5.92 Å². The molecule has 1 saturated heterocycles. The summed E-state index contributed by atoms with van der Waals surface area (Å²) < 4.78 is 12.9. The summed E-state index contributed by atoms with van der Waals surface area (Å²) in [5.74, 6) is -0.940. The second-order valence-corrected chi connectivity index (χ2v) is 4.72. The first-order chi connectivity index (χ1) is 8.63. The highest BCUT2D eigenvalue weighted by Gasteiger charge is 2.36. The van der Waals surface area contributed by atoms with Crippen molar-refractivity contribution < 1.29 is 19.7 Å². The number of rotatable bonds is 3. The Kier molecular flexibility index (Phi) is 4.29. The standard InChI is InChI=1S/C13H18FNO3/c14-9-3-1-8(2-4-9)11(7-16)10-5-15-6-12(17)13(10)18/h1-4,10-13,15-18H,5-7H2/t10?,11-,12+,13+/m0/s1. The summed E-state index contributed by atoms with van der Waals surface area (Å²) in [6, 6.07) is 5.86. The number of hydrogen-bond donors (Lipinski definition) is 4. The van der Waals surface area contributed by atoms with Gasteiger partial charge >= 0.3 is 0 Å². The molecular formula is C13H18FNO3. The Hall–Kier alpha value is -1.01. The van der Waals surface area contributed by atoms with Crippen LogP contribution in [-0.4, -0.2) is 47.2 Å². The predicted molar refractivity (Wildman–Crippen MR) is 64.6 cm³/mol. The SMILES string of the molecule is OC[C@@H](c1ccc(F)cc1)C1CNC[C@@H](O)[C@@H]1O. The monoisotopic (exact) mass is 255 g/mol. The summed E-state index contributed by atoms with van der Waals surface area (Å²) in [5.41, 5.74) is 0.763. The quantitative estimate of drug-likeness (QED) is 0.606. The number of hydrogen-bond acceptors (Lipinski definition) is 4. The maximum Gasteiger partial charge on any atom is 0.123 e. The Morgan fingerprint density at radius 1 is 1.22 bits per heavy atom. The number of benzene rings is 1. The van der Waals surface area contributed by atoms with Crippen LogP contribution in [0.5, 0.6) is 0 Å². The van der Waals surface area contributed by atoms with E-state index in [-0.39, 0.29) is 24.3 Å². The van der Waals surface area contributed by atoms with Crippen molar-refractivity contribution in [3.8, 4) is 0 Å². The Morgan fingerprint density at radius 2 is 1.89 bits per heavy atom. The van der Waals surface area contributed by atoms with E-state index in [2.05, 4.69) is 5.32 Å². The van der Waals surface area contributed by atoms with Crippen molar-refractivity contribution in [3.63, 3.8) is 0 Å². The second kappa shape index (κ2) is 5.75. The molecule has 2 rings (SSSR count). The molecule has 0 radical (unpaired) electrons. The summed E-state index contributed by atoms with van der Waals surface area (Å²) >= 11 is 0. The molecule has 1 aromatic carbocycles. The van der Waals surface area contributed by atoms with Crippen molar-refractivity contribution in [1.82, 2.24) is 5.32 Å². The van der Waals surface area contributed by atoms with Crippen LogP contribution in [0.4, 0.5) is 4.39 Å². The normalized spacial score (nSPS) is 30.1. The van der Waals surface area contributed by atoms with Crippen LogP contribution in [0.2, 0.25) is 0 Å². The van der Waals surface area contributed by atoms with Gasteiger partial charge in [-0.25, -0.2) is 4.39 Å². The number of nitrogens with one attached hydrogen (secondary N) is 1. The van der Waals surface area contributed by atoms with Crippen LogP contribution in [-0.2, 0) is 0 Å². The molecule has 18 heavy (non-hydrogen) atoms. The molecule has 1 heterocycles. The van der Waals surface area contributed by atoms with Crippen LogP contribution < -0.4 is 5.32 Å². The molecule has 4 atom stereocenters. The Bertz CT molecular complexity index is 384. The predicted octanol–water partition coefficient (Wildman–Crippen LogP) is -0.157. The number of halogens is 1. The van der Waals surface area contributed by atoms with Gasteiger partial charge in [-0.1, -0.05) is 12.1 Å². The van der Waals surface area contributed by atoms with E-state index < -0.39 is 12.2 Å². The molecule has 1 aliphatic rings. The van der Waals surface area contributed by atoms with Crippen molar-refractivity contribution in [2.75, 3.05) is 19.7 Å². The van der Waals surface area contributed by atoms with E-state index in [1.54, 1.807) is 12.1 Å². The smallest absolute Gasteiger partial charge is 0.123 e.